The summed E-state index contributed by atoms with van der Waals surface area (Å²) < 4.78 is 97.5. The molecule has 4 rings (SSSR count). The molecular formula is C23H19F3N2O6S3. The molecule has 4 aromatic rings. The van der Waals surface area contributed by atoms with E-state index in [4.69, 9.17) is 8.60 Å². The second-order valence-electron chi connectivity index (χ2n) is 7.88. The normalized spacial score (nSPS) is 12.7. The molecular weight excluding hydrogens is 553 g/mol. The molecule has 0 unspecified atom stereocenters. The summed E-state index contributed by atoms with van der Waals surface area (Å²) in [6.45, 7) is 3.10. The van der Waals surface area contributed by atoms with E-state index in [-0.39, 0.29) is 55.7 Å². The Morgan fingerprint density at radius 3 is 2.27 bits per heavy atom. The number of sulfone groups is 1. The van der Waals surface area contributed by atoms with Gasteiger partial charge in [0.15, 0.2) is 15.4 Å². The fourth-order valence-corrected chi connectivity index (χ4v) is 5.57. The van der Waals surface area contributed by atoms with Gasteiger partial charge in [-0.1, -0.05) is 19.1 Å². The highest BCUT2D eigenvalue weighted by molar-refractivity contribution is 8.00. The number of alkyl halides is 3. The third-order valence-electron chi connectivity index (χ3n) is 5.10. The summed E-state index contributed by atoms with van der Waals surface area (Å²) in [7, 11) is -7.56. The number of nitrogens with zero attached hydrogens (tertiary/aromatic N) is 2. The Hall–Kier alpha value is -3.10. The van der Waals surface area contributed by atoms with Crippen LogP contribution in [0.15, 0.2) is 62.7 Å². The number of rotatable bonds is 7. The molecule has 0 bridgehead atoms. The summed E-state index contributed by atoms with van der Waals surface area (Å²) in [6.07, 6.45) is 0.914. The molecule has 0 spiro atoms. The third kappa shape index (κ3) is 6.25. The van der Waals surface area contributed by atoms with Gasteiger partial charge in [-0.2, -0.15) is 21.6 Å². The highest BCUT2D eigenvalue weighted by atomic mass is 32.2. The van der Waals surface area contributed by atoms with E-state index in [1.165, 1.54) is 43.3 Å². The minimum Gasteiger partial charge on any atom is -0.435 e. The van der Waals surface area contributed by atoms with Crippen LogP contribution in [0, 0.1) is 6.92 Å². The van der Waals surface area contributed by atoms with Crippen molar-refractivity contribution in [1.82, 2.24) is 9.97 Å². The van der Waals surface area contributed by atoms with E-state index < -0.39 is 25.5 Å². The van der Waals surface area contributed by atoms with E-state index >= 15 is 0 Å². The lowest BCUT2D eigenvalue weighted by Crippen LogP contribution is -2.09. The largest absolute Gasteiger partial charge is 0.446 e. The van der Waals surface area contributed by atoms with Gasteiger partial charge < -0.3 is 8.60 Å². The van der Waals surface area contributed by atoms with Crippen molar-refractivity contribution < 1.29 is 38.6 Å². The quantitative estimate of drug-likeness (QED) is 0.206. The van der Waals surface area contributed by atoms with E-state index in [9.17, 15) is 30.0 Å². The maximum absolute atomic E-state index is 13.0. The summed E-state index contributed by atoms with van der Waals surface area (Å²) in [5.74, 6) is -0.315. The molecule has 0 aliphatic rings. The van der Waals surface area contributed by atoms with Gasteiger partial charge in [-0.05, 0) is 60.6 Å². The number of thioether (sulfide) groups is 1. The van der Waals surface area contributed by atoms with Gasteiger partial charge in [0.25, 0.3) is 0 Å². The Kier molecular flexibility index (Phi) is 7.03. The van der Waals surface area contributed by atoms with Crippen LogP contribution in [-0.4, -0.2) is 44.3 Å². The molecule has 37 heavy (non-hydrogen) atoms. The number of benzene rings is 2. The van der Waals surface area contributed by atoms with E-state index in [2.05, 4.69) is 9.97 Å². The smallest absolute Gasteiger partial charge is 0.435 e. The summed E-state index contributed by atoms with van der Waals surface area (Å²) >= 11 is -0.298. The number of hydrogen-bond donors (Lipinski definition) is 0. The lowest BCUT2D eigenvalue weighted by Gasteiger charge is -2.13. The number of aryl methyl sites for hydroxylation is 1. The molecule has 0 aliphatic carbocycles. The van der Waals surface area contributed by atoms with Crippen LogP contribution in [0.4, 0.5) is 13.2 Å². The highest BCUT2D eigenvalue weighted by Gasteiger charge is 2.30. The molecule has 0 radical (unpaired) electrons. The molecule has 2 aromatic carbocycles. The fourth-order valence-electron chi connectivity index (χ4n) is 3.50. The molecule has 8 nitrogen and oxygen atoms in total. The minimum absolute atomic E-state index is 0.0682. The van der Waals surface area contributed by atoms with Crippen LogP contribution in [0.2, 0.25) is 0 Å². The van der Waals surface area contributed by atoms with Crippen LogP contribution >= 0.6 is 11.8 Å². The third-order valence-corrected chi connectivity index (χ3v) is 8.06. The number of halogens is 3. The van der Waals surface area contributed by atoms with Gasteiger partial charge in [0.1, 0.15) is 17.0 Å². The lowest BCUT2D eigenvalue weighted by atomic mass is 10.0. The van der Waals surface area contributed by atoms with Gasteiger partial charge >= 0.3 is 15.6 Å². The fraction of sp³-hybridized carbons (Fsp3) is 0.217. The zero-order valence-corrected chi connectivity index (χ0v) is 22.0. The molecule has 0 amide bonds. The summed E-state index contributed by atoms with van der Waals surface area (Å²) in [5.41, 5.74) is -2.83. The van der Waals surface area contributed by atoms with Crippen LogP contribution in [0.25, 0.3) is 33.8 Å². The first kappa shape index (κ1) is 26.9. The molecule has 14 heteroatoms. The Labute approximate surface area is 214 Å². The molecule has 0 atom stereocenters. The zero-order valence-electron chi connectivity index (χ0n) is 19.5. The van der Waals surface area contributed by atoms with E-state index in [1.807, 2.05) is 0 Å². The number of fused-ring (bicyclic) bond motifs is 1. The second kappa shape index (κ2) is 9.65. The van der Waals surface area contributed by atoms with E-state index in [0.29, 0.717) is 16.8 Å². The molecule has 196 valence electrons. The standard InChI is InChI=1S/C23H19F3N2O6S3/c1-4-37(31,32)20-12-17(14-5-7-15(8-6-14)34-36(3,29)30)13(2)27-21(20)22-28-18-11-16(35-23(24,25)26)9-10-19(18)33-22/h5-12H,4H2,1-3H3. The molecule has 2 heterocycles. The number of hydrogen-bond acceptors (Lipinski definition) is 9. The van der Waals surface area contributed by atoms with Crippen LogP contribution in [0.5, 0.6) is 5.75 Å². The maximum Gasteiger partial charge on any atom is 0.446 e. The molecule has 0 fully saturated rings. The van der Waals surface area contributed by atoms with Crippen molar-refractivity contribution in [3.63, 3.8) is 0 Å². The van der Waals surface area contributed by atoms with Gasteiger partial charge in [0.05, 0.1) is 16.9 Å². The van der Waals surface area contributed by atoms with E-state index in [0.717, 1.165) is 6.26 Å². The van der Waals surface area contributed by atoms with Crippen molar-refractivity contribution in [2.45, 2.75) is 29.1 Å². The predicted octanol–water partition coefficient (Wildman–Crippen LogP) is 5.61. The maximum atomic E-state index is 13.0. The van der Waals surface area contributed by atoms with Crippen LogP contribution in [-0.2, 0) is 20.0 Å². The summed E-state index contributed by atoms with van der Waals surface area (Å²) in [6, 6.07) is 11.2. The van der Waals surface area contributed by atoms with Gasteiger partial charge in [0, 0.05) is 16.2 Å². The first-order valence-corrected chi connectivity index (χ1v) is 14.8. The van der Waals surface area contributed by atoms with Crippen molar-refractivity contribution in [3.05, 3.63) is 54.2 Å². The van der Waals surface area contributed by atoms with Gasteiger partial charge in [-0.25, -0.2) is 18.4 Å². The van der Waals surface area contributed by atoms with Crippen LogP contribution in [0.3, 0.4) is 0 Å². The Bertz CT molecular complexity index is 1700. The van der Waals surface area contributed by atoms with Crippen molar-refractivity contribution in [2.75, 3.05) is 12.0 Å². The first-order valence-electron chi connectivity index (χ1n) is 10.6. The van der Waals surface area contributed by atoms with Gasteiger partial charge in [-0.15, -0.1) is 0 Å². The van der Waals surface area contributed by atoms with Crippen molar-refractivity contribution in [3.8, 4) is 28.5 Å². The first-order chi connectivity index (χ1) is 17.1. The van der Waals surface area contributed by atoms with Crippen LogP contribution < -0.4 is 4.18 Å². The summed E-state index contributed by atoms with van der Waals surface area (Å²) in [4.78, 5) is 8.41. The Balaban J connectivity index is 1.82. The van der Waals surface area contributed by atoms with Gasteiger partial charge in [-0.3, -0.25) is 0 Å². The average molecular weight is 573 g/mol. The lowest BCUT2D eigenvalue weighted by molar-refractivity contribution is -0.0328. The molecule has 2 aromatic heterocycles. The average Bonchev–Trinajstić information content (AvgIpc) is 3.20. The Morgan fingerprint density at radius 1 is 1.00 bits per heavy atom. The van der Waals surface area contributed by atoms with Crippen LogP contribution in [0.1, 0.15) is 12.6 Å². The highest BCUT2D eigenvalue weighted by Crippen LogP contribution is 2.39. The number of oxazole rings is 1. The molecule has 0 saturated carbocycles. The Morgan fingerprint density at radius 2 is 1.68 bits per heavy atom. The van der Waals surface area contributed by atoms with E-state index in [1.54, 1.807) is 19.1 Å². The number of pyridine rings is 1. The second-order valence-corrected chi connectivity index (χ2v) is 12.8. The summed E-state index contributed by atoms with van der Waals surface area (Å²) in [5, 5.41) is 0. The van der Waals surface area contributed by atoms with Crippen molar-refractivity contribution in [2.24, 2.45) is 0 Å². The monoisotopic (exact) mass is 572 g/mol. The minimum atomic E-state index is -4.48. The predicted molar refractivity (Wildman–Crippen MR) is 133 cm³/mol. The van der Waals surface area contributed by atoms with Gasteiger partial charge in [0.2, 0.25) is 5.89 Å². The molecule has 0 aliphatic heterocycles. The molecule has 0 saturated heterocycles. The topological polar surface area (TPSA) is 116 Å². The van der Waals surface area contributed by atoms with Crippen molar-refractivity contribution >= 4 is 42.8 Å². The SMILES string of the molecule is CCS(=O)(=O)c1cc(-c2ccc(OS(C)(=O)=O)cc2)c(C)nc1-c1nc2cc(SC(F)(F)F)ccc2o1. The number of aromatic nitrogens is 2. The molecule has 0 N–H and O–H groups in total. The zero-order chi connectivity index (χ0) is 27.2. The van der Waals surface area contributed by atoms with Crippen molar-refractivity contribution in [1.29, 1.82) is 0 Å².